The molecular formula is C15H13O4. The zero-order valence-electron chi connectivity index (χ0n) is 10.2. The maximum absolute atomic E-state index is 11.8. The van der Waals surface area contributed by atoms with Gasteiger partial charge >= 0.3 is 5.97 Å². The molecule has 97 valence electrons. The molecule has 0 fully saturated rings. The predicted molar refractivity (Wildman–Crippen MR) is 70.4 cm³/mol. The largest absolute Gasteiger partial charge is 0.508 e. The summed E-state index contributed by atoms with van der Waals surface area (Å²) in [5.41, 5.74) is 0.371. The van der Waals surface area contributed by atoms with Gasteiger partial charge in [0.15, 0.2) is 0 Å². The smallest absolute Gasteiger partial charge is 0.343 e. The monoisotopic (exact) mass is 257 g/mol. The van der Waals surface area contributed by atoms with Gasteiger partial charge in [-0.05, 0) is 55.5 Å². The van der Waals surface area contributed by atoms with Crippen LogP contribution < -0.4 is 9.47 Å². The van der Waals surface area contributed by atoms with Crippen LogP contribution in [-0.4, -0.2) is 17.7 Å². The van der Waals surface area contributed by atoms with E-state index < -0.39 is 5.97 Å². The van der Waals surface area contributed by atoms with E-state index in [1.165, 1.54) is 24.3 Å². The highest BCUT2D eigenvalue weighted by Crippen LogP contribution is 2.19. The van der Waals surface area contributed by atoms with Gasteiger partial charge < -0.3 is 14.6 Å². The van der Waals surface area contributed by atoms with Crippen molar-refractivity contribution in [3.05, 3.63) is 61.0 Å². The molecule has 2 rings (SSSR count). The fourth-order valence-corrected chi connectivity index (χ4v) is 1.49. The molecule has 2 aromatic carbocycles. The molecule has 1 radical (unpaired) electrons. The minimum Gasteiger partial charge on any atom is -0.508 e. The fourth-order valence-electron chi connectivity index (χ4n) is 1.49. The van der Waals surface area contributed by atoms with Crippen LogP contribution in [0.25, 0.3) is 0 Å². The number of aromatic hydroxyl groups is 1. The number of hydrogen-bond donors (Lipinski definition) is 1. The molecule has 0 saturated heterocycles. The summed E-state index contributed by atoms with van der Waals surface area (Å²) in [5.74, 6) is 0.714. The molecule has 0 aromatic heterocycles. The second-order valence-corrected chi connectivity index (χ2v) is 3.76. The second kappa shape index (κ2) is 5.91. The lowest BCUT2D eigenvalue weighted by molar-refractivity contribution is 0.0734. The molecule has 2 aromatic rings. The Morgan fingerprint density at radius 1 is 1.00 bits per heavy atom. The topological polar surface area (TPSA) is 55.8 Å². The number of ether oxygens (including phenoxy) is 2. The third-order valence-corrected chi connectivity index (χ3v) is 2.41. The molecule has 0 amide bonds. The van der Waals surface area contributed by atoms with Crippen LogP contribution in [0.4, 0.5) is 0 Å². The van der Waals surface area contributed by atoms with Gasteiger partial charge in [-0.25, -0.2) is 4.79 Å². The molecule has 0 spiro atoms. The first-order valence-electron chi connectivity index (χ1n) is 5.72. The van der Waals surface area contributed by atoms with Crippen molar-refractivity contribution in [1.82, 2.24) is 0 Å². The van der Waals surface area contributed by atoms with Gasteiger partial charge in [0.25, 0.3) is 0 Å². The lowest BCUT2D eigenvalue weighted by atomic mass is 10.2. The van der Waals surface area contributed by atoms with Crippen LogP contribution in [0, 0.1) is 6.92 Å². The Bertz CT molecular complexity index is 543. The molecule has 0 aliphatic rings. The SMILES string of the molecule is [CH2]COc1ccc(OC(=O)c2ccc(O)cc2)cc1. The van der Waals surface area contributed by atoms with Gasteiger partial charge in [0, 0.05) is 0 Å². The molecule has 0 aliphatic carbocycles. The fraction of sp³-hybridized carbons (Fsp3) is 0.0667. The molecular weight excluding hydrogens is 244 g/mol. The van der Waals surface area contributed by atoms with Crippen molar-refractivity contribution in [3.63, 3.8) is 0 Å². The van der Waals surface area contributed by atoms with E-state index in [1.54, 1.807) is 24.3 Å². The number of benzene rings is 2. The number of esters is 1. The third kappa shape index (κ3) is 3.48. The molecule has 1 N–H and O–H groups in total. The normalized spacial score (nSPS) is 9.95. The Hall–Kier alpha value is -2.49. The van der Waals surface area contributed by atoms with Crippen LogP contribution >= 0.6 is 0 Å². The van der Waals surface area contributed by atoms with E-state index >= 15 is 0 Å². The zero-order valence-corrected chi connectivity index (χ0v) is 10.2. The van der Waals surface area contributed by atoms with E-state index in [4.69, 9.17) is 14.6 Å². The Morgan fingerprint density at radius 3 is 2.16 bits per heavy atom. The van der Waals surface area contributed by atoms with Crippen molar-refractivity contribution in [3.8, 4) is 17.2 Å². The lowest BCUT2D eigenvalue weighted by Gasteiger charge is -2.06. The molecule has 0 bridgehead atoms. The van der Waals surface area contributed by atoms with E-state index in [9.17, 15) is 4.79 Å². The van der Waals surface area contributed by atoms with E-state index in [-0.39, 0.29) is 5.75 Å². The summed E-state index contributed by atoms with van der Waals surface area (Å²) in [7, 11) is 0. The molecule has 0 unspecified atom stereocenters. The maximum Gasteiger partial charge on any atom is 0.343 e. The van der Waals surface area contributed by atoms with Crippen molar-refractivity contribution in [2.75, 3.05) is 6.61 Å². The van der Waals surface area contributed by atoms with E-state index in [1.807, 2.05) is 0 Å². The van der Waals surface area contributed by atoms with Gasteiger partial charge in [-0.1, -0.05) is 0 Å². The quantitative estimate of drug-likeness (QED) is 0.676. The van der Waals surface area contributed by atoms with E-state index in [0.717, 1.165) is 0 Å². The minimum absolute atomic E-state index is 0.103. The molecule has 0 heterocycles. The molecule has 0 saturated carbocycles. The van der Waals surface area contributed by atoms with Crippen LogP contribution in [0.15, 0.2) is 48.5 Å². The first kappa shape index (κ1) is 13.0. The van der Waals surface area contributed by atoms with Crippen LogP contribution in [0.2, 0.25) is 0 Å². The highest BCUT2D eigenvalue weighted by atomic mass is 16.5. The molecule has 19 heavy (non-hydrogen) atoms. The maximum atomic E-state index is 11.8. The van der Waals surface area contributed by atoms with Gasteiger partial charge in [-0.2, -0.15) is 0 Å². The summed E-state index contributed by atoms with van der Waals surface area (Å²) in [6.45, 7) is 3.91. The number of hydrogen-bond acceptors (Lipinski definition) is 4. The first-order chi connectivity index (χ1) is 9.19. The zero-order chi connectivity index (χ0) is 13.7. The van der Waals surface area contributed by atoms with Crippen molar-refractivity contribution in [2.24, 2.45) is 0 Å². The van der Waals surface area contributed by atoms with Crippen molar-refractivity contribution >= 4 is 5.97 Å². The molecule has 4 nitrogen and oxygen atoms in total. The van der Waals surface area contributed by atoms with Crippen LogP contribution in [0.5, 0.6) is 17.2 Å². The second-order valence-electron chi connectivity index (χ2n) is 3.76. The highest BCUT2D eigenvalue weighted by molar-refractivity contribution is 5.91. The van der Waals surface area contributed by atoms with Crippen molar-refractivity contribution in [2.45, 2.75) is 0 Å². The van der Waals surface area contributed by atoms with Crippen molar-refractivity contribution in [1.29, 1.82) is 0 Å². The first-order valence-corrected chi connectivity index (χ1v) is 5.72. The summed E-state index contributed by atoms with van der Waals surface area (Å²) in [6.07, 6.45) is 0. The number of carbonyl (C=O) groups excluding carboxylic acids is 1. The molecule has 0 aliphatic heterocycles. The lowest BCUT2D eigenvalue weighted by Crippen LogP contribution is -2.08. The Morgan fingerprint density at radius 2 is 1.58 bits per heavy atom. The molecule has 4 heteroatoms. The highest BCUT2D eigenvalue weighted by Gasteiger charge is 2.08. The van der Waals surface area contributed by atoms with E-state index in [2.05, 4.69) is 6.92 Å². The summed E-state index contributed by atoms with van der Waals surface area (Å²) < 4.78 is 10.4. The number of phenolic OH excluding ortho intramolecular Hbond substituents is 1. The summed E-state index contributed by atoms with van der Waals surface area (Å²) in [4.78, 5) is 11.8. The average Bonchev–Trinajstić information content (AvgIpc) is 2.42. The Labute approximate surface area is 111 Å². The van der Waals surface area contributed by atoms with Crippen LogP contribution in [0.1, 0.15) is 10.4 Å². The van der Waals surface area contributed by atoms with Crippen LogP contribution in [-0.2, 0) is 0 Å². The van der Waals surface area contributed by atoms with Gasteiger partial charge in [-0.3, -0.25) is 0 Å². The summed E-state index contributed by atoms with van der Waals surface area (Å²) in [5, 5.41) is 9.14. The van der Waals surface area contributed by atoms with Gasteiger partial charge in [0.05, 0.1) is 12.2 Å². The van der Waals surface area contributed by atoms with Crippen molar-refractivity contribution < 1.29 is 19.4 Å². The molecule has 0 atom stereocenters. The Balaban J connectivity index is 2.04. The standard InChI is InChI=1S/C15H13O4/c1-2-18-13-7-9-14(10-8-13)19-15(17)11-3-5-12(16)6-4-11/h3-10,16H,1-2H2. The van der Waals surface area contributed by atoms with Gasteiger partial charge in [-0.15, -0.1) is 0 Å². The average molecular weight is 257 g/mol. The number of carbonyl (C=O) groups is 1. The number of phenols is 1. The number of rotatable bonds is 4. The predicted octanol–water partition coefficient (Wildman–Crippen LogP) is 2.82. The minimum atomic E-state index is -0.481. The van der Waals surface area contributed by atoms with Crippen LogP contribution in [0.3, 0.4) is 0 Å². The van der Waals surface area contributed by atoms with Gasteiger partial charge in [0.2, 0.25) is 0 Å². The Kier molecular flexibility index (Phi) is 4.03. The summed E-state index contributed by atoms with van der Waals surface area (Å²) >= 11 is 0. The van der Waals surface area contributed by atoms with Gasteiger partial charge in [0.1, 0.15) is 17.2 Å². The van der Waals surface area contributed by atoms with E-state index in [0.29, 0.717) is 23.7 Å². The third-order valence-electron chi connectivity index (χ3n) is 2.41. The summed E-state index contributed by atoms with van der Waals surface area (Å²) in [6, 6.07) is 12.5.